The van der Waals surface area contributed by atoms with Gasteiger partial charge in [-0.05, 0) is 40.5 Å². The molecule has 1 amide bonds. The Morgan fingerprint density at radius 3 is 2.68 bits per heavy atom. The van der Waals surface area contributed by atoms with Crippen LogP contribution in [0.15, 0.2) is 52.0 Å². The number of amides is 1. The maximum atomic E-state index is 12.3. The Morgan fingerprint density at radius 1 is 1.32 bits per heavy atom. The van der Waals surface area contributed by atoms with Gasteiger partial charge in [0.2, 0.25) is 0 Å². The molecule has 0 heterocycles. The van der Waals surface area contributed by atoms with Crippen LogP contribution >= 0.6 is 15.9 Å². The lowest BCUT2D eigenvalue weighted by molar-refractivity contribution is 0.0954. The first-order valence-electron chi connectivity index (χ1n) is 7.95. The van der Waals surface area contributed by atoms with Crippen molar-refractivity contribution in [3.63, 3.8) is 0 Å². The first kappa shape index (κ1) is 19.0. The summed E-state index contributed by atoms with van der Waals surface area (Å²) in [6, 6.07) is 13.3. The SMILES string of the molecule is CCOc1c(Br)cc(C(=O)N/N=C\[C@@H](C)c2ccccc2)cc1OC. The quantitative estimate of drug-likeness (QED) is 0.550. The van der Waals surface area contributed by atoms with Gasteiger partial charge in [0, 0.05) is 17.7 Å². The lowest BCUT2D eigenvalue weighted by Gasteiger charge is -2.12. The van der Waals surface area contributed by atoms with Gasteiger partial charge < -0.3 is 9.47 Å². The second-order valence-electron chi connectivity index (χ2n) is 5.34. The molecule has 0 spiro atoms. The third-order valence-electron chi connectivity index (χ3n) is 3.57. The Bertz CT molecular complexity index is 748. The minimum atomic E-state index is -0.321. The minimum absolute atomic E-state index is 0.100. The minimum Gasteiger partial charge on any atom is -0.493 e. The number of rotatable bonds is 7. The van der Waals surface area contributed by atoms with Crippen LogP contribution < -0.4 is 14.9 Å². The van der Waals surface area contributed by atoms with E-state index in [4.69, 9.17) is 9.47 Å². The molecule has 132 valence electrons. The van der Waals surface area contributed by atoms with E-state index in [1.165, 1.54) is 7.11 Å². The summed E-state index contributed by atoms with van der Waals surface area (Å²) >= 11 is 3.41. The first-order valence-corrected chi connectivity index (χ1v) is 8.74. The zero-order chi connectivity index (χ0) is 18.2. The van der Waals surface area contributed by atoms with Gasteiger partial charge in [0.15, 0.2) is 11.5 Å². The molecule has 1 atom stereocenters. The Kier molecular flexibility index (Phi) is 7.01. The molecule has 0 aliphatic rings. The number of benzene rings is 2. The van der Waals surface area contributed by atoms with Crippen LogP contribution in [0.4, 0.5) is 0 Å². The Labute approximate surface area is 156 Å². The average molecular weight is 405 g/mol. The number of nitrogens with one attached hydrogen (secondary N) is 1. The number of carbonyl (C=O) groups is 1. The van der Waals surface area contributed by atoms with Gasteiger partial charge in [-0.15, -0.1) is 0 Å². The Hall–Kier alpha value is -2.34. The van der Waals surface area contributed by atoms with Crippen LogP contribution in [0.1, 0.15) is 35.7 Å². The molecule has 5 nitrogen and oxygen atoms in total. The average Bonchev–Trinajstić information content (AvgIpc) is 2.63. The van der Waals surface area contributed by atoms with E-state index in [2.05, 4.69) is 26.5 Å². The second kappa shape index (κ2) is 9.22. The van der Waals surface area contributed by atoms with E-state index in [1.807, 2.05) is 44.2 Å². The van der Waals surface area contributed by atoms with Gasteiger partial charge in [0.25, 0.3) is 5.91 Å². The Balaban J connectivity index is 2.08. The summed E-state index contributed by atoms with van der Waals surface area (Å²) in [5.74, 6) is 0.840. The third-order valence-corrected chi connectivity index (χ3v) is 4.16. The number of hydrogen-bond donors (Lipinski definition) is 1. The van der Waals surface area contributed by atoms with Crippen molar-refractivity contribution in [3.8, 4) is 11.5 Å². The van der Waals surface area contributed by atoms with Crippen LogP contribution in [-0.4, -0.2) is 25.8 Å². The molecule has 25 heavy (non-hydrogen) atoms. The van der Waals surface area contributed by atoms with Crippen molar-refractivity contribution in [2.24, 2.45) is 5.10 Å². The van der Waals surface area contributed by atoms with E-state index in [1.54, 1.807) is 18.3 Å². The number of hydrazone groups is 1. The predicted molar refractivity (Wildman–Crippen MR) is 103 cm³/mol. The lowest BCUT2D eigenvalue weighted by atomic mass is 10.0. The van der Waals surface area contributed by atoms with E-state index >= 15 is 0 Å². The van der Waals surface area contributed by atoms with Crippen LogP contribution in [0.25, 0.3) is 0 Å². The van der Waals surface area contributed by atoms with Crippen molar-refractivity contribution in [2.45, 2.75) is 19.8 Å². The summed E-state index contributed by atoms with van der Waals surface area (Å²) in [5, 5.41) is 4.06. The van der Waals surface area contributed by atoms with Crippen molar-refractivity contribution in [2.75, 3.05) is 13.7 Å². The molecular formula is C19H21BrN2O3. The highest BCUT2D eigenvalue weighted by molar-refractivity contribution is 9.10. The van der Waals surface area contributed by atoms with Crippen LogP contribution in [0.3, 0.4) is 0 Å². The molecular weight excluding hydrogens is 384 g/mol. The van der Waals surface area contributed by atoms with E-state index in [0.29, 0.717) is 28.1 Å². The molecule has 0 saturated carbocycles. The van der Waals surface area contributed by atoms with Gasteiger partial charge in [0.05, 0.1) is 18.2 Å². The molecule has 0 radical (unpaired) electrons. The van der Waals surface area contributed by atoms with Crippen molar-refractivity contribution < 1.29 is 14.3 Å². The van der Waals surface area contributed by atoms with E-state index in [0.717, 1.165) is 5.56 Å². The summed E-state index contributed by atoms with van der Waals surface area (Å²) in [4.78, 5) is 12.3. The normalized spacial score (nSPS) is 12.0. The highest BCUT2D eigenvalue weighted by atomic mass is 79.9. The molecule has 2 aromatic carbocycles. The van der Waals surface area contributed by atoms with Crippen molar-refractivity contribution >= 4 is 28.1 Å². The van der Waals surface area contributed by atoms with E-state index < -0.39 is 0 Å². The van der Waals surface area contributed by atoms with Gasteiger partial charge >= 0.3 is 0 Å². The summed E-state index contributed by atoms with van der Waals surface area (Å²) < 4.78 is 11.5. The third kappa shape index (κ3) is 5.06. The summed E-state index contributed by atoms with van der Waals surface area (Å²) in [6.07, 6.45) is 1.70. The number of ether oxygens (including phenoxy) is 2. The van der Waals surface area contributed by atoms with E-state index in [-0.39, 0.29) is 11.8 Å². The molecule has 2 aromatic rings. The maximum absolute atomic E-state index is 12.3. The largest absolute Gasteiger partial charge is 0.493 e. The van der Waals surface area contributed by atoms with Crippen molar-refractivity contribution in [1.82, 2.24) is 5.43 Å². The van der Waals surface area contributed by atoms with Crippen molar-refractivity contribution in [3.05, 3.63) is 58.1 Å². The molecule has 0 saturated heterocycles. The van der Waals surface area contributed by atoms with Crippen molar-refractivity contribution in [1.29, 1.82) is 0 Å². The highest BCUT2D eigenvalue weighted by Crippen LogP contribution is 2.36. The number of hydrogen-bond acceptors (Lipinski definition) is 4. The predicted octanol–water partition coefficient (Wildman–Crippen LogP) is 4.38. The molecule has 0 aliphatic heterocycles. The molecule has 2 rings (SSSR count). The molecule has 1 N–H and O–H groups in total. The monoisotopic (exact) mass is 404 g/mol. The molecule has 0 bridgehead atoms. The fraction of sp³-hybridized carbons (Fsp3) is 0.263. The van der Waals surface area contributed by atoms with Gasteiger partial charge in [-0.2, -0.15) is 5.10 Å². The number of methoxy groups -OCH3 is 1. The first-order chi connectivity index (χ1) is 12.1. The Morgan fingerprint density at radius 2 is 2.04 bits per heavy atom. The molecule has 0 aliphatic carbocycles. The second-order valence-corrected chi connectivity index (χ2v) is 6.20. The van der Waals surface area contributed by atoms with Gasteiger partial charge in [-0.1, -0.05) is 37.3 Å². The highest BCUT2D eigenvalue weighted by Gasteiger charge is 2.15. The molecule has 0 fully saturated rings. The topological polar surface area (TPSA) is 59.9 Å². The summed E-state index contributed by atoms with van der Waals surface area (Å²) in [5.41, 5.74) is 4.10. The fourth-order valence-electron chi connectivity index (χ4n) is 2.25. The lowest BCUT2D eigenvalue weighted by Crippen LogP contribution is -2.18. The van der Waals surface area contributed by atoms with Gasteiger partial charge in [0.1, 0.15) is 0 Å². The van der Waals surface area contributed by atoms with Gasteiger partial charge in [-0.25, -0.2) is 5.43 Å². The summed E-state index contributed by atoms with van der Waals surface area (Å²) in [6.45, 7) is 4.40. The van der Waals surface area contributed by atoms with Crippen LogP contribution in [0.2, 0.25) is 0 Å². The maximum Gasteiger partial charge on any atom is 0.271 e. The van der Waals surface area contributed by atoms with Crippen LogP contribution in [0.5, 0.6) is 11.5 Å². The van der Waals surface area contributed by atoms with E-state index in [9.17, 15) is 4.79 Å². The fourth-order valence-corrected chi connectivity index (χ4v) is 2.81. The molecule has 0 unspecified atom stereocenters. The van der Waals surface area contributed by atoms with Crippen LogP contribution in [-0.2, 0) is 0 Å². The number of carbonyl (C=O) groups excluding carboxylic acids is 1. The van der Waals surface area contributed by atoms with Crippen LogP contribution in [0, 0.1) is 0 Å². The standard InChI is InChI=1S/C19H21BrN2O3/c1-4-25-18-16(20)10-15(11-17(18)24-3)19(23)22-21-12-13(2)14-8-6-5-7-9-14/h5-13H,4H2,1-3H3,(H,22,23)/b21-12-/t13-/m1/s1. The zero-order valence-corrected chi connectivity index (χ0v) is 16.0. The smallest absolute Gasteiger partial charge is 0.271 e. The molecule has 0 aromatic heterocycles. The zero-order valence-electron chi connectivity index (χ0n) is 14.5. The molecule has 6 heteroatoms. The van der Waals surface area contributed by atoms with Gasteiger partial charge in [-0.3, -0.25) is 4.79 Å². The number of halogens is 1. The summed E-state index contributed by atoms with van der Waals surface area (Å²) in [7, 11) is 1.53. The number of nitrogens with zero attached hydrogens (tertiary/aromatic N) is 1.